The van der Waals surface area contributed by atoms with Crippen LogP contribution in [0.15, 0.2) is 0 Å². The van der Waals surface area contributed by atoms with Crippen molar-refractivity contribution in [3.63, 3.8) is 0 Å². The van der Waals surface area contributed by atoms with E-state index in [1.807, 2.05) is 13.6 Å². The molecule has 0 fully saturated rings. The molecule has 0 spiro atoms. The molecule has 3 N–H and O–H groups in total. The van der Waals surface area contributed by atoms with Gasteiger partial charge in [-0.25, -0.2) is 4.79 Å². The first-order chi connectivity index (χ1) is 3.73. The van der Waals surface area contributed by atoms with Crippen LogP contribution in [0.1, 0.15) is 0 Å². The fraction of sp³-hybridized carbons (Fsp3) is 0. The largest absolute Gasteiger partial charge is 0.465 e. The second kappa shape index (κ2) is 46.0. The summed E-state index contributed by atoms with van der Waals surface area (Å²) < 4.78 is 0. The summed E-state index contributed by atoms with van der Waals surface area (Å²) in [6.45, 7) is 4.00. The van der Waals surface area contributed by atoms with Crippen molar-refractivity contribution in [3.8, 4) is 0 Å². The summed E-state index contributed by atoms with van der Waals surface area (Å²) in [5.41, 5.74) is 4.03. The van der Waals surface area contributed by atoms with E-state index in [4.69, 9.17) is 19.5 Å². The summed E-state index contributed by atoms with van der Waals surface area (Å²) in [6, 6.07) is 0. The smallest absolute Gasteiger partial charge is 0.402 e. The minimum Gasteiger partial charge on any atom is -0.465 e. The molecule has 1 amide bonds. The third-order valence-corrected chi connectivity index (χ3v) is 0. The maximum absolute atomic E-state index is 8.78. The number of hydrogen-bond donors (Lipinski definition) is 2. The van der Waals surface area contributed by atoms with E-state index >= 15 is 0 Å². The van der Waals surface area contributed by atoms with Crippen LogP contribution in [-0.2, 0) is 9.59 Å². The summed E-state index contributed by atoms with van der Waals surface area (Å²) in [5, 5.41) is 7.19. The number of amides is 1. The minimum atomic E-state index is -1.33. The lowest BCUT2D eigenvalue weighted by Gasteiger charge is -1.61. The summed E-state index contributed by atoms with van der Waals surface area (Å²) in [5.74, 6) is 0. The van der Waals surface area contributed by atoms with Gasteiger partial charge in [0.15, 0.2) is 0 Å². The molecular weight excluding hydrogens is 114 g/mol. The van der Waals surface area contributed by atoms with E-state index in [9.17, 15) is 0 Å². The van der Waals surface area contributed by atoms with Gasteiger partial charge in [-0.1, -0.05) is 0 Å². The van der Waals surface area contributed by atoms with Crippen molar-refractivity contribution >= 4 is 19.7 Å². The second-order valence-corrected chi connectivity index (χ2v) is 0.338. The molecule has 0 rings (SSSR count). The monoisotopic (exact) mass is 121 g/mol. The number of hydrogen-bond acceptors (Lipinski definition) is 3. The SMILES string of the molecule is C=O.C=O.NC(=O)O. The van der Waals surface area contributed by atoms with Gasteiger partial charge in [0.05, 0.1) is 0 Å². The average molecular weight is 121 g/mol. The predicted octanol–water partition coefficient (Wildman–Crippen LogP) is -0.747. The molecule has 0 aliphatic carbocycles. The van der Waals surface area contributed by atoms with Crippen LogP contribution in [0, 0.1) is 0 Å². The van der Waals surface area contributed by atoms with Crippen LogP contribution in [0.3, 0.4) is 0 Å². The van der Waals surface area contributed by atoms with Crippen LogP contribution in [0.5, 0.6) is 0 Å². The quantitative estimate of drug-likeness (QED) is 0.440. The molecule has 0 heterocycles. The van der Waals surface area contributed by atoms with E-state index in [0.717, 1.165) is 0 Å². The van der Waals surface area contributed by atoms with Gasteiger partial charge in [0.1, 0.15) is 13.6 Å². The molecule has 5 heteroatoms. The Bertz CT molecular complexity index is 49.2. The molecule has 0 aliphatic rings. The second-order valence-electron chi connectivity index (χ2n) is 0.338. The molecule has 0 aromatic heterocycles. The maximum atomic E-state index is 8.78. The first-order valence-corrected chi connectivity index (χ1v) is 1.29. The Balaban J connectivity index is -0.0000000542. The van der Waals surface area contributed by atoms with Crippen LogP contribution in [0.2, 0.25) is 0 Å². The Morgan fingerprint density at radius 1 is 1.25 bits per heavy atom. The van der Waals surface area contributed by atoms with E-state index in [1.54, 1.807) is 0 Å². The Hall–Kier alpha value is -1.39. The highest BCUT2D eigenvalue weighted by atomic mass is 16.4. The molecule has 48 valence electrons. The Labute approximate surface area is 46.1 Å². The Morgan fingerprint density at radius 3 is 1.25 bits per heavy atom. The highest BCUT2D eigenvalue weighted by Crippen LogP contribution is 1.34. The van der Waals surface area contributed by atoms with Gasteiger partial charge in [0.2, 0.25) is 0 Å². The lowest BCUT2D eigenvalue weighted by atomic mass is 11.3. The van der Waals surface area contributed by atoms with Crippen molar-refractivity contribution in [1.82, 2.24) is 0 Å². The zero-order valence-corrected chi connectivity index (χ0v) is 4.16. The molecule has 0 unspecified atom stereocenters. The van der Waals surface area contributed by atoms with E-state index in [2.05, 4.69) is 5.73 Å². The average Bonchev–Trinajstić information content (AvgIpc) is 1.75. The van der Waals surface area contributed by atoms with Crippen LogP contribution in [-0.4, -0.2) is 24.8 Å². The number of rotatable bonds is 0. The molecule has 0 aliphatic heterocycles. The Kier molecular flexibility index (Phi) is 91.8. The standard InChI is InChI=1S/CH3NO2.2CH2O/c2-1(3)4;2*1-2/h2H2,(H,3,4);2*1H2. The van der Waals surface area contributed by atoms with Gasteiger partial charge in [-0.2, -0.15) is 0 Å². The fourth-order valence-corrected chi connectivity index (χ4v) is 0. The Morgan fingerprint density at radius 2 is 1.25 bits per heavy atom. The normalized spacial score (nSPS) is 4.00. The first-order valence-electron chi connectivity index (χ1n) is 1.29. The van der Waals surface area contributed by atoms with E-state index in [0.29, 0.717) is 0 Å². The molecule has 8 heavy (non-hydrogen) atoms. The third kappa shape index (κ3) is 31.1. The number of carbonyl (C=O) groups is 3. The van der Waals surface area contributed by atoms with Gasteiger partial charge in [-0.15, -0.1) is 0 Å². The highest BCUT2D eigenvalue weighted by molar-refractivity contribution is 5.61. The van der Waals surface area contributed by atoms with Crippen LogP contribution >= 0.6 is 0 Å². The first kappa shape index (κ1) is 16.0. The topological polar surface area (TPSA) is 97.5 Å². The van der Waals surface area contributed by atoms with Crippen molar-refractivity contribution < 1.29 is 19.5 Å². The fourth-order valence-electron chi connectivity index (χ4n) is 0. The molecule has 0 saturated heterocycles. The molecule has 5 nitrogen and oxygen atoms in total. The van der Waals surface area contributed by atoms with Gasteiger partial charge >= 0.3 is 6.09 Å². The van der Waals surface area contributed by atoms with Crippen molar-refractivity contribution in [1.29, 1.82) is 0 Å². The zero-order chi connectivity index (χ0) is 7.58. The molecule has 0 saturated carbocycles. The van der Waals surface area contributed by atoms with Crippen LogP contribution in [0.4, 0.5) is 4.79 Å². The van der Waals surface area contributed by atoms with Crippen molar-refractivity contribution in [2.24, 2.45) is 5.73 Å². The lowest BCUT2D eigenvalue weighted by Crippen LogP contribution is -2.03. The van der Waals surface area contributed by atoms with Crippen molar-refractivity contribution in [2.45, 2.75) is 0 Å². The number of carbonyl (C=O) groups excluding carboxylic acids is 2. The van der Waals surface area contributed by atoms with Crippen molar-refractivity contribution in [3.05, 3.63) is 0 Å². The van der Waals surface area contributed by atoms with Crippen molar-refractivity contribution in [2.75, 3.05) is 0 Å². The van der Waals surface area contributed by atoms with E-state index < -0.39 is 6.09 Å². The van der Waals surface area contributed by atoms with Gasteiger partial charge in [-0.3, -0.25) is 0 Å². The summed E-state index contributed by atoms with van der Waals surface area (Å²) >= 11 is 0. The number of primary amides is 1. The van der Waals surface area contributed by atoms with Crippen LogP contribution < -0.4 is 5.73 Å². The number of nitrogens with two attached hydrogens (primary N) is 1. The highest BCUT2D eigenvalue weighted by Gasteiger charge is 1.65. The molecule has 0 aromatic carbocycles. The lowest BCUT2D eigenvalue weighted by molar-refractivity contribution is -0.0987. The predicted molar refractivity (Wildman–Crippen MR) is 26.5 cm³/mol. The minimum absolute atomic E-state index is 1.33. The van der Waals surface area contributed by atoms with E-state index in [1.165, 1.54) is 0 Å². The van der Waals surface area contributed by atoms with Gasteiger partial charge in [-0.05, 0) is 0 Å². The van der Waals surface area contributed by atoms with E-state index in [-0.39, 0.29) is 0 Å². The summed E-state index contributed by atoms with van der Waals surface area (Å²) in [7, 11) is 0. The third-order valence-electron chi connectivity index (χ3n) is 0. The summed E-state index contributed by atoms with van der Waals surface area (Å²) in [6.07, 6.45) is -1.33. The van der Waals surface area contributed by atoms with Gasteiger partial charge in [0, 0.05) is 0 Å². The number of carboxylic acid groups (broad SMARTS) is 1. The molecule has 0 aromatic rings. The maximum Gasteiger partial charge on any atom is 0.402 e. The molecule has 0 bridgehead atoms. The molecular formula is C3H7NO4. The van der Waals surface area contributed by atoms with Crippen LogP contribution in [0.25, 0.3) is 0 Å². The molecule has 0 radical (unpaired) electrons. The van der Waals surface area contributed by atoms with Gasteiger partial charge < -0.3 is 20.4 Å². The zero-order valence-electron chi connectivity index (χ0n) is 4.16. The molecule has 0 atom stereocenters. The van der Waals surface area contributed by atoms with Gasteiger partial charge in [0.25, 0.3) is 0 Å². The summed E-state index contributed by atoms with van der Waals surface area (Å²) in [4.78, 5) is 24.8.